The highest BCUT2D eigenvalue weighted by Gasteiger charge is 2.23. The third-order valence-corrected chi connectivity index (χ3v) is 3.41. The van der Waals surface area contributed by atoms with E-state index in [9.17, 15) is 4.79 Å². The van der Waals surface area contributed by atoms with E-state index in [2.05, 4.69) is 22.1 Å². The molecule has 0 aliphatic carbocycles. The summed E-state index contributed by atoms with van der Waals surface area (Å²) in [5, 5.41) is 3.08. The number of nitrogens with zero attached hydrogens (tertiary/aromatic N) is 2. The second-order valence-electron chi connectivity index (χ2n) is 5.40. The molecule has 1 amide bonds. The van der Waals surface area contributed by atoms with Gasteiger partial charge in [-0.1, -0.05) is 6.92 Å². The molecule has 1 saturated heterocycles. The van der Waals surface area contributed by atoms with E-state index in [1.54, 1.807) is 18.3 Å². The molecular formula is C15H23N3O2. The van der Waals surface area contributed by atoms with Gasteiger partial charge >= 0.3 is 0 Å². The van der Waals surface area contributed by atoms with Crippen LogP contribution in [0.1, 0.15) is 37.6 Å². The Labute approximate surface area is 120 Å². The maximum atomic E-state index is 12.2. The van der Waals surface area contributed by atoms with Gasteiger partial charge in [0.05, 0.1) is 6.10 Å². The lowest BCUT2D eigenvalue weighted by Crippen LogP contribution is -2.37. The van der Waals surface area contributed by atoms with Crippen LogP contribution in [0.25, 0.3) is 0 Å². The first-order valence-electron chi connectivity index (χ1n) is 7.24. The minimum Gasteiger partial charge on any atom is -0.475 e. The fourth-order valence-corrected chi connectivity index (χ4v) is 2.36. The van der Waals surface area contributed by atoms with Crippen LogP contribution in [-0.4, -0.2) is 47.6 Å². The molecule has 0 radical (unpaired) electrons. The lowest BCUT2D eigenvalue weighted by Gasteiger charge is -2.15. The molecule has 1 aromatic rings. The second-order valence-corrected chi connectivity index (χ2v) is 5.40. The second kappa shape index (κ2) is 6.70. The molecular weight excluding hydrogens is 254 g/mol. The Kier molecular flexibility index (Phi) is 4.95. The van der Waals surface area contributed by atoms with Gasteiger partial charge in [-0.15, -0.1) is 0 Å². The number of likely N-dealkylation sites (tertiary alicyclic amines) is 1. The summed E-state index contributed by atoms with van der Waals surface area (Å²) in [4.78, 5) is 18.7. The molecule has 0 saturated carbocycles. The summed E-state index contributed by atoms with van der Waals surface area (Å²) in [6.07, 6.45) is 2.67. The SMILES string of the molecule is CCN1CCC(NC(=O)c2ccnc(OC(C)C)c2)C1. The molecule has 1 aliphatic rings. The molecule has 0 spiro atoms. The van der Waals surface area contributed by atoms with Crippen molar-refractivity contribution in [2.24, 2.45) is 0 Å². The fraction of sp³-hybridized carbons (Fsp3) is 0.600. The highest BCUT2D eigenvalue weighted by molar-refractivity contribution is 5.94. The molecule has 20 heavy (non-hydrogen) atoms. The Morgan fingerprint density at radius 1 is 1.60 bits per heavy atom. The molecule has 5 nitrogen and oxygen atoms in total. The summed E-state index contributed by atoms with van der Waals surface area (Å²) in [6, 6.07) is 3.65. The number of aromatic nitrogens is 1. The lowest BCUT2D eigenvalue weighted by molar-refractivity contribution is 0.0937. The number of rotatable bonds is 5. The van der Waals surface area contributed by atoms with Crippen molar-refractivity contribution < 1.29 is 9.53 Å². The zero-order chi connectivity index (χ0) is 14.5. The van der Waals surface area contributed by atoms with E-state index in [1.807, 2.05) is 13.8 Å². The summed E-state index contributed by atoms with van der Waals surface area (Å²) in [6.45, 7) is 9.04. The summed E-state index contributed by atoms with van der Waals surface area (Å²) in [7, 11) is 0. The zero-order valence-corrected chi connectivity index (χ0v) is 12.4. The van der Waals surface area contributed by atoms with Gasteiger partial charge in [-0.05, 0) is 32.9 Å². The van der Waals surface area contributed by atoms with Crippen molar-refractivity contribution >= 4 is 5.91 Å². The largest absolute Gasteiger partial charge is 0.475 e. The predicted molar refractivity (Wildman–Crippen MR) is 78.0 cm³/mol. The van der Waals surface area contributed by atoms with E-state index in [4.69, 9.17) is 4.74 Å². The van der Waals surface area contributed by atoms with Crippen LogP contribution in [0.4, 0.5) is 0 Å². The topological polar surface area (TPSA) is 54.5 Å². The first kappa shape index (κ1) is 14.8. The molecule has 2 rings (SSSR count). The maximum absolute atomic E-state index is 12.2. The highest BCUT2D eigenvalue weighted by Crippen LogP contribution is 2.13. The third-order valence-electron chi connectivity index (χ3n) is 3.41. The van der Waals surface area contributed by atoms with Crippen molar-refractivity contribution in [1.82, 2.24) is 15.2 Å². The monoisotopic (exact) mass is 277 g/mol. The average molecular weight is 277 g/mol. The number of nitrogens with one attached hydrogen (secondary N) is 1. The van der Waals surface area contributed by atoms with Crippen molar-refractivity contribution in [3.8, 4) is 5.88 Å². The average Bonchev–Trinajstić information content (AvgIpc) is 2.86. The number of pyridine rings is 1. The van der Waals surface area contributed by atoms with Gasteiger partial charge < -0.3 is 15.0 Å². The Balaban J connectivity index is 1.95. The molecule has 1 aromatic heterocycles. The van der Waals surface area contributed by atoms with E-state index in [0.29, 0.717) is 11.4 Å². The van der Waals surface area contributed by atoms with Gasteiger partial charge in [-0.25, -0.2) is 4.98 Å². The molecule has 5 heteroatoms. The number of carbonyl (C=O) groups excluding carboxylic acids is 1. The van der Waals surface area contributed by atoms with Crippen molar-refractivity contribution in [1.29, 1.82) is 0 Å². The molecule has 1 atom stereocenters. The first-order chi connectivity index (χ1) is 9.58. The van der Waals surface area contributed by atoms with Crippen LogP contribution in [0.2, 0.25) is 0 Å². The van der Waals surface area contributed by atoms with Gasteiger partial charge in [-0.3, -0.25) is 4.79 Å². The normalized spacial score (nSPS) is 19.3. The molecule has 2 heterocycles. The van der Waals surface area contributed by atoms with Crippen molar-refractivity contribution in [2.45, 2.75) is 39.3 Å². The number of carbonyl (C=O) groups is 1. The van der Waals surface area contributed by atoms with Gasteiger partial charge in [0, 0.05) is 37.0 Å². The predicted octanol–water partition coefficient (Wildman–Crippen LogP) is 1.69. The van der Waals surface area contributed by atoms with E-state index in [-0.39, 0.29) is 18.1 Å². The Morgan fingerprint density at radius 2 is 2.40 bits per heavy atom. The zero-order valence-electron chi connectivity index (χ0n) is 12.4. The van der Waals surface area contributed by atoms with Crippen molar-refractivity contribution in [3.63, 3.8) is 0 Å². The number of hydrogen-bond donors (Lipinski definition) is 1. The van der Waals surface area contributed by atoms with Crippen LogP contribution in [0, 0.1) is 0 Å². The summed E-state index contributed by atoms with van der Waals surface area (Å²) in [5.41, 5.74) is 0.602. The van der Waals surface area contributed by atoms with Crippen LogP contribution >= 0.6 is 0 Å². The number of likely N-dealkylation sites (N-methyl/N-ethyl adjacent to an activating group) is 1. The Bertz CT molecular complexity index is 462. The van der Waals surface area contributed by atoms with Gasteiger partial charge in [0.15, 0.2) is 0 Å². The van der Waals surface area contributed by atoms with Crippen LogP contribution in [0.5, 0.6) is 5.88 Å². The maximum Gasteiger partial charge on any atom is 0.251 e. The quantitative estimate of drug-likeness (QED) is 0.890. The number of hydrogen-bond acceptors (Lipinski definition) is 4. The summed E-state index contributed by atoms with van der Waals surface area (Å²) >= 11 is 0. The Morgan fingerprint density at radius 3 is 3.05 bits per heavy atom. The highest BCUT2D eigenvalue weighted by atomic mass is 16.5. The number of ether oxygens (including phenoxy) is 1. The van der Waals surface area contributed by atoms with E-state index >= 15 is 0 Å². The van der Waals surface area contributed by atoms with Crippen LogP contribution in [0.15, 0.2) is 18.3 Å². The van der Waals surface area contributed by atoms with Crippen LogP contribution in [0.3, 0.4) is 0 Å². The lowest BCUT2D eigenvalue weighted by atomic mass is 10.2. The third kappa shape index (κ3) is 3.93. The van der Waals surface area contributed by atoms with E-state index < -0.39 is 0 Å². The summed E-state index contributed by atoms with van der Waals surface area (Å²) in [5.74, 6) is 0.443. The smallest absolute Gasteiger partial charge is 0.251 e. The number of amides is 1. The summed E-state index contributed by atoms with van der Waals surface area (Å²) < 4.78 is 5.51. The molecule has 110 valence electrons. The minimum absolute atomic E-state index is 0.0498. The molecule has 1 fully saturated rings. The first-order valence-corrected chi connectivity index (χ1v) is 7.24. The van der Waals surface area contributed by atoms with Crippen LogP contribution in [-0.2, 0) is 0 Å². The molecule has 0 aromatic carbocycles. The van der Waals surface area contributed by atoms with Gasteiger partial charge in [0.25, 0.3) is 5.91 Å². The Hall–Kier alpha value is -1.62. The van der Waals surface area contributed by atoms with Gasteiger partial charge in [0.2, 0.25) is 5.88 Å². The molecule has 1 N–H and O–H groups in total. The minimum atomic E-state index is -0.0519. The van der Waals surface area contributed by atoms with E-state index in [1.165, 1.54) is 0 Å². The molecule has 1 unspecified atom stereocenters. The fourth-order valence-electron chi connectivity index (χ4n) is 2.36. The van der Waals surface area contributed by atoms with Crippen molar-refractivity contribution in [2.75, 3.05) is 19.6 Å². The van der Waals surface area contributed by atoms with Crippen LogP contribution < -0.4 is 10.1 Å². The molecule has 1 aliphatic heterocycles. The van der Waals surface area contributed by atoms with Gasteiger partial charge in [0.1, 0.15) is 0 Å². The van der Waals surface area contributed by atoms with E-state index in [0.717, 1.165) is 26.1 Å². The van der Waals surface area contributed by atoms with Crippen molar-refractivity contribution in [3.05, 3.63) is 23.9 Å². The molecule has 0 bridgehead atoms. The van der Waals surface area contributed by atoms with Gasteiger partial charge in [-0.2, -0.15) is 0 Å². The standard InChI is InChI=1S/C15H23N3O2/c1-4-18-8-6-13(10-18)17-15(19)12-5-7-16-14(9-12)20-11(2)3/h5,7,9,11,13H,4,6,8,10H2,1-3H3,(H,17,19).